The molecule has 0 atom stereocenters. The molecule has 0 unspecified atom stereocenters. The van der Waals surface area contributed by atoms with Gasteiger partial charge in [0.2, 0.25) is 5.28 Å². The number of thiophene rings is 1. The van der Waals surface area contributed by atoms with Gasteiger partial charge in [-0.1, -0.05) is 0 Å². The molecular weight excluding hydrogens is 433 g/mol. The van der Waals surface area contributed by atoms with E-state index in [1.165, 1.54) is 10.4 Å². The van der Waals surface area contributed by atoms with Crippen molar-refractivity contribution in [3.8, 4) is 0 Å². The van der Waals surface area contributed by atoms with E-state index in [4.69, 9.17) is 25.9 Å². The van der Waals surface area contributed by atoms with Gasteiger partial charge in [0.25, 0.3) is 0 Å². The Bertz CT molecular complexity index is 1000. The van der Waals surface area contributed by atoms with Gasteiger partial charge in [-0.3, -0.25) is 0 Å². The van der Waals surface area contributed by atoms with Gasteiger partial charge in [-0.15, -0.1) is 11.3 Å². The highest BCUT2D eigenvalue weighted by Gasteiger charge is 2.38. The number of nitrogens with zero attached hydrogens (tertiary/aromatic N) is 2. The summed E-state index contributed by atoms with van der Waals surface area (Å²) in [4.78, 5) is 19.1. The Kier molecular flexibility index (Phi) is 6.30. The number of hydrogen-bond donors (Lipinski definition) is 3. The summed E-state index contributed by atoms with van der Waals surface area (Å²) < 4.78 is 38.1. The number of aryl methyl sites for hydroxylation is 1. The Morgan fingerprint density at radius 2 is 2.14 bits per heavy atom. The van der Waals surface area contributed by atoms with E-state index in [9.17, 15) is 13.2 Å². The molecule has 0 aromatic carbocycles. The van der Waals surface area contributed by atoms with Crippen LogP contribution in [0.4, 0.5) is 19.0 Å². The highest BCUT2D eigenvalue weighted by atomic mass is 35.5. The average Bonchev–Trinajstić information content (AvgIpc) is 3.21. The van der Waals surface area contributed by atoms with E-state index < -0.39 is 12.1 Å². The smallest absolute Gasteiger partial charge is 0.475 e. The summed E-state index contributed by atoms with van der Waals surface area (Å²) >= 11 is 7.86. The van der Waals surface area contributed by atoms with E-state index >= 15 is 0 Å². The topological polar surface area (TPSA) is 100 Å². The maximum atomic E-state index is 10.6. The van der Waals surface area contributed by atoms with Crippen LogP contribution in [-0.4, -0.2) is 40.3 Å². The summed E-state index contributed by atoms with van der Waals surface area (Å²) in [5.41, 5.74) is 2.17. The van der Waals surface area contributed by atoms with Gasteiger partial charge in [-0.2, -0.15) is 18.2 Å². The number of carboxylic acids is 1. The monoisotopic (exact) mass is 448 g/mol. The molecule has 1 saturated heterocycles. The summed E-state index contributed by atoms with van der Waals surface area (Å²) in [5, 5.41) is 14.0. The largest absolute Gasteiger partial charge is 0.490 e. The van der Waals surface area contributed by atoms with Crippen molar-refractivity contribution in [2.45, 2.75) is 25.6 Å². The predicted octanol–water partition coefficient (Wildman–Crippen LogP) is 4.18. The quantitative estimate of drug-likeness (QED) is 0.515. The number of rotatable bonds is 4. The van der Waals surface area contributed by atoms with Crippen LogP contribution in [0.15, 0.2) is 22.8 Å². The fourth-order valence-corrected chi connectivity index (χ4v) is 4.13. The number of alkyl halides is 3. The maximum absolute atomic E-state index is 10.6. The molecule has 29 heavy (non-hydrogen) atoms. The Labute approximate surface area is 171 Å². The van der Waals surface area contributed by atoms with Gasteiger partial charge in [0.15, 0.2) is 0 Å². The van der Waals surface area contributed by atoms with Crippen molar-refractivity contribution in [1.82, 2.24) is 15.3 Å². The molecule has 1 fully saturated rings. The lowest BCUT2D eigenvalue weighted by molar-refractivity contribution is -0.192. The zero-order valence-electron chi connectivity index (χ0n) is 15.0. The molecule has 3 aromatic heterocycles. The third-order valence-electron chi connectivity index (χ3n) is 4.18. The van der Waals surface area contributed by atoms with Crippen molar-refractivity contribution < 1.29 is 27.5 Å². The number of furan rings is 1. The summed E-state index contributed by atoms with van der Waals surface area (Å²) in [6, 6.07) is 3.80. The van der Waals surface area contributed by atoms with Crippen LogP contribution in [0.25, 0.3) is 10.2 Å². The van der Waals surface area contributed by atoms with E-state index in [1.807, 2.05) is 12.1 Å². The first-order valence-corrected chi connectivity index (χ1v) is 9.60. The molecule has 3 aromatic rings. The highest BCUT2D eigenvalue weighted by Crippen LogP contribution is 2.39. The van der Waals surface area contributed by atoms with E-state index in [-0.39, 0.29) is 5.28 Å². The van der Waals surface area contributed by atoms with Gasteiger partial charge in [-0.25, -0.2) is 9.78 Å². The number of carboxylic acid groups (broad SMARTS) is 1. The zero-order chi connectivity index (χ0) is 21.2. The Morgan fingerprint density at radius 1 is 1.45 bits per heavy atom. The lowest BCUT2D eigenvalue weighted by atomic mass is 9.98. The normalized spacial score (nSPS) is 14.2. The average molecular weight is 449 g/mol. The number of anilines is 1. The second-order valence-corrected chi connectivity index (χ2v) is 7.59. The molecule has 0 amide bonds. The van der Waals surface area contributed by atoms with Crippen LogP contribution in [-0.2, 0) is 11.3 Å². The highest BCUT2D eigenvalue weighted by molar-refractivity contribution is 7.20. The molecule has 0 spiro atoms. The number of aliphatic carboxylic acids is 1. The molecule has 0 bridgehead atoms. The van der Waals surface area contributed by atoms with Crippen molar-refractivity contribution in [1.29, 1.82) is 0 Å². The van der Waals surface area contributed by atoms with Crippen LogP contribution >= 0.6 is 22.9 Å². The summed E-state index contributed by atoms with van der Waals surface area (Å²) in [5.74, 6) is -0.541. The summed E-state index contributed by atoms with van der Waals surface area (Å²) in [6.07, 6.45) is -3.42. The Morgan fingerprint density at radius 3 is 2.66 bits per heavy atom. The molecule has 7 nitrogen and oxygen atoms in total. The van der Waals surface area contributed by atoms with Gasteiger partial charge in [0.1, 0.15) is 11.6 Å². The molecule has 4 heterocycles. The third kappa shape index (κ3) is 4.98. The van der Waals surface area contributed by atoms with Gasteiger partial charge in [-0.05, 0) is 36.2 Å². The molecule has 1 aliphatic heterocycles. The first-order valence-electron chi connectivity index (χ1n) is 8.40. The lowest BCUT2D eigenvalue weighted by Gasteiger charge is -2.26. The molecular formula is C17H16ClF3N4O3S. The summed E-state index contributed by atoms with van der Waals surface area (Å²) in [7, 11) is 0. The SMILES string of the molecule is Cc1c(C2CNC2)sc2c(NCc3ccco3)nc(Cl)nc12.O=C(O)C(F)(F)F. The molecule has 3 N–H and O–H groups in total. The van der Waals surface area contributed by atoms with Crippen LogP contribution in [0.1, 0.15) is 22.1 Å². The standard InChI is InChI=1S/C15H15ClN4OS.C2HF3O2/c1-8-11-13(22-12(8)9-5-17-6-9)14(20-15(16)19-11)18-7-10-3-2-4-21-10;3-2(4,5)1(6)7/h2-4,9,17H,5-7H2,1H3,(H,18,19,20);(H,6,7). The fraction of sp³-hybridized carbons (Fsp3) is 0.353. The number of carbonyl (C=O) groups is 1. The van der Waals surface area contributed by atoms with Crippen molar-refractivity contribution in [3.63, 3.8) is 0 Å². The second kappa shape index (κ2) is 8.56. The van der Waals surface area contributed by atoms with E-state index in [0.717, 1.165) is 34.9 Å². The maximum Gasteiger partial charge on any atom is 0.490 e. The molecule has 0 aliphatic carbocycles. The number of fused-ring (bicyclic) bond motifs is 1. The van der Waals surface area contributed by atoms with Gasteiger partial charge in [0.05, 0.1) is 23.0 Å². The Balaban J connectivity index is 0.000000298. The minimum Gasteiger partial charge on any atom is -0.475 e. The number of halogens is 4. The van der Waals surface area contributed by atoms with E-state index in [0.29, 0.717) is 12.5 Å². The van der Waals surface area contributed by atoms with Crippen molar-refractivity contribution in [2.75, 3.05) is 18.4 Å². The molecule has 156 valence electrons. The van der Waals surface area contributed by atoms with E-state index in [1.54, 1.807) is 17.6 Å². The molecule has 0 radical (unpaired) electrons. The van der Waals surface area contributed by atoms with Gasteiger partial charge in [0, 0.05) is 23.9 Å². The number of aromatic nitrogens is 2. The molecule has 0 saturated carbocycles. The first kappa shape index (κ1) is 21.3. The minimum absolute atomic E-state index is 0.272. The Hall–Kier alpha value is -2.37. The summed E-state index contributed by atoms with van der Waals surface area (Å²) in [6.45, 7) is 4.76. The molecule has 12 heteroatoms. The minimum atomic E-state index is -5.08. The lowest BCUT2D eigenvalue weighted by Crippen LogP contribution is -2.39. The van der Waals surface area contributed by atoms with Gasteiger partial charge < -0.3 is 20.2 Å². The predicted molar refractivity (Wildman–Crippen MR) is 102 cm³/mol. The fourth-order valence-electron chi connectivity index (χ4n) is 2.64. The molecule has 1 aliphatic rings. The number of hydrogen-bond acceptors (Lipinski definition) is 7. The van der Waals surface area contributed by atoms with Crippen LogP contribution in [0.2, 0.25) is 5.28 Å². The van der Waals surface area contributed by atoms with Crippen LogP contribution in [0, 0.1) is 6.92 Å². The molecule has 4 rings (SSSR count). The van der Waals surface area contributed by atoms with Gasteiger partial charge >= 0.3 is 12.1 Å². The first-order chi connectivity index (χ1) is 13.7. The van der Waals surface area contributed by atoms with Crippen LogP contribution < -0.4 is 10.6 Å². The second-order valence-electron chi connectivity index (χ2n) is 6.20. The zero-order valence-corrected chi connectivity index (χ0v) is 16.6. The van der Waals surface area contributed by atoms with Crippen molar-refractivity contribution >= 4 is 44.9 Å². The van der Waals surface area contributed by atoms with E-state index in [2.05, 4.69) is 27.5 Å². The van der Waals surface area contributed by atoms with Crippen LogP contribution in [0.3, 0.4) is 0 Å². The number of nitrogens with one attached hydrogen (secondary N) is 2. The van der Waals surface area contributed by atoms with Crippen LogP contribution in [0.5, 0.6) is 0 Å². The van der Waals surface area contributed by atoms with Crippen molar-refractivity contribution in [3.05, 3.63) is 39.9 Å². The van der Waals surface area contributed by atoms with Crippen molar-refractivity contribution in [2.24, 2.45) is 0 Å². The third-order valence-corrected chi connectivity index (χ3v) is 5.80.